The minimum atomic E-state index is -1.22. The fourth-order valence-corrected chi connectivity index (χ4v) is 1.07. The molecular weight excluding hydrogens is 192 g/mol. The first-order chi connectivity index (χ1) is 6.43. The van der Waals surface area contributed by atoms with Crippen LogP contribution in [0.2, 0.25) is 0 Å². The molecule has 0 aliphatic rings. The largest absolute Gasteiger partial charge is 0.507 e. The predicted octanol–water partition coefficient (Wildman–Crippen LogP) is 1.05. The minimum Gasteiger partial charge on any atom is -0.507 e. The van der Waals surface area contributed by atoms with Crippen LogP contribution in [0.3, 0.4) is 0 Å². The molecule has 2 unspecified atom stereocenters. The van der Waals surface area contributed by atoms with Gasteiger partial charge in [-0.3, -0.25) is 0 Å². The summed E-state index contributed by atoms with van der Waals surface area (Å²) in [5.41, 5.74) is 5.24. The second kappa shape index (κ2) is 3.89. The van der Waals surface area contributed by atoms with Crippen molar-refractivity contribution in [1.29, 1.82) is 0 Å². The Morgan fingerprint density at radius 3 is 2.29 bits per heavy atom. The molecule has 1 aromatic carbocycles. The number of nitrogens with two attached hydrogens (primary N) is 1. The van der Waals surface area contributed by atoms with Gasteiger partial charge in [0.25, 0.3) is 0 Å². The van der Waals surface area contributed by atoms with Gasteiger partial charge in [-0.2, -0.15) is 0 Å². The lowest BCUT2D eigenvalue weighted by molar-refractivity contribution is 0.149. The zero-order valence-corrected chi connectivity index (χ0v) is 7.54. The highest BCUT2D eigenvalue weighted by Crippen LogP contribution is 2.27. The van der Waals surface area contributed by atoms with Gasteiger partial charge < -0.3 is 15.9 Å². The van der Waals surface area contributed by atoms with Crippen LogP contribution in [0.4, 0.5) is 8.78 Å². The van der Waals surface area contributed by atoms with E-state index in [-0.39, 0.29) is 5.56 Å². The van der Waals surface area contributed by atoms with Crippen molar-refractivity contribution in [2.75, 3.05) is 0 Å². The van der Waals surface area contributed by atoms with Crippen LogP contribution in [0.15, 0.2) is 12.1 Å². The number of phenolic OH excluding ortho intramolecular Hbond substituents is 1. The number of halogens is 2. The van der Waals surface area contributed by atoms with Gasteiger partial charge in [-0.15, -0.1) is 0 Å². The number of benzene rings is 1. The highest BCUT2D eigenvalue weighted by Gasteiger charge is 2.19. The molecule has 78 valence electrons. The molecule has 3 nitrogen and oxygen atoms in total. The summed E-state index contributed by atoms with van der Waals surface area (Å²) >= 11 is 0. The molecular formula is C9H11F2NO2. The highest BCUT2D eigenvalue weighted by molar-refractivity contribution is 5.35. The number of hydrogen-bond donors (Lipinski definition) is 3. The van der Waals surface area contributed by atoms with E-state index in [0.717, 1.165) is 6.07 Å². The number of rotatable bonds is 2. The van der Waals surface area contributed by atoms with E-state index in [1.165, 1.54) is 6.92 Å². The Labute approximate surface area is 79.8 Å². The number of aliphatic hydroxyl groups is 1. The number of aromatic hydroxyl groups is 1. The van der Waals surface area contributed by atoms with E-state index in [4.69, 9.17) is 5.73 Å². The van der Waals surface area contributed by atoms with E-state index in [2.05, 4.69) is 0 Å². The van der Waals surface area contributed by atoms with Crippen LogP contribution in [0.25, 0.3) is 0 Å². The van der Waals surface area contributed by atoms with Crippen molar-refractivity contribution in [1.82, 2.24) is 0 Å². The zero-order valence-electron chi connectivity index (χ0n) is 7.54. The first-order valence-electron chi connectivity index (χ1n) is 4.05. The van der Waals surface area contributed by atoms with Gasteiger partial charge in [0.2, 0.25) is 0 Å². The smallest absolute Gasteiger partial charge is 0.162 e. The molecule has 1 aromatic rings. The summed E-state index contributed by atoms with van der Waals surface area (Å²) in [5, 5.41) is 18.6. The fourth-order valence-electron chi connectivity index (χ4n) is 1.07. The van der Waals surface area contributed by atoms with Crippen molar-refractivity contribution in [2.24, 2.45) is 5.73 Å². The summed E-state index contributed by atoms with van der Waals surface area (Å²) in [4.78, 5) is 0. The van der Waals surface area contributed by atoms with Crippen molar-refractivity contribution >= 4 is 0 Å². The van der Waals surface area contributed by atoms with Gasteiger partial charge >= 0.3 is 0 Å². The summed E-state index contributed by atoms with van der Waals surface area (Å²) in [6.45, 7) is 1.49. The molecule has 0 radical (unpaired) electrons. The fraction of sp³-hybridized carbons (Fsp3) is 0.333. The maximum Gasteiger partial charge on any atom is 0.162 e. The van der Waals surface area contributed by atoms with Gasteiger partial charge in [0.1, 0.15) is 5.75 Å². The first kappa shape index (κ1) is 10.9. The third-order valence-electron chi connectivity index (χ3n) is 1.89. The normalized spacial score (nSPS) is 15.2. The van der Waals surface area contributed by atoms with Gasteiger partial charge in [-0.25, -0.2) is 8.78 Å². The molecule has 5 heteroatoms. The van der Waals surface area contributed by atoms with E-state index in [1.54, 1.807) is 0 Å². The second-order valence-electron chi connectivity index (χ2n) is 3.13. The molecule has 0 heterocycles. The van der Waals surface area contributed by atoms with Crippen LogP contribution < -0.4 is 5.73 Å². The molecule has 0 fully saturated rings. The molecule has 0 amide bonds. The van der Waals surface area contributed by atoms with Crippen molar-refractivity contribution in [3.63, 3.8) is 0 Å². The lowest BCUT2D eigenvalue weighted by Gasteiger charge is -2.16. The molecule has 0 aliphatic carbocycles. The quantitative estimate of drug-likeness (QED) is 0.673. The average Bonchev–Trinajstić information content (AvgIpc) is 2.10. The van der Waals surface area contributed by atoms with Crippen molar-refractivity contribution < 1.29 is 19.0 Å². The summed E-state index contributed by atoms with van der Waals surface area (Å²) in [6.07, 6.45) is -1.22. The van der Waals surface area contributed by atoms with Gasteiger partial charge in [0.05, 0.1) is 6.10 Å². The van der Waals surface area contributed by atoms with Crippen LogP contribution in [0.1, 0.15) is 18.6 Å². The summed E-state index contributed by atoms with van der Waals surface area (Å²) < 4.78 is 25.3. The summed E-state index contributed by atoms with van der Waals surface area (Å²) in [5.74, 6) is -2.80. The third kappa shape index (κ3) is 2.00. The van der Waals surface area contributed by atoms with Crippen molar-refractivity contribution in [3.8, 4) is 5.75 Å². The van der Waals surface area contributed by atoms with Gasteiger partial charge in [-0.1, -0.05) is 0 Å². The highest BCUT2D eigenvalue weighted by atomic mass is 19.2. The van der Waals surface area contributed by atoms with Crippen LogP contribution in [0.5, 0.6) is 5.75 Å². The molecule has 4 N–H and O–H groups in total. The van der Waals surface area contributed by atoms with Crippen molar-refractivity contribution in [2.45, 2.75) is 19.1 Å². The monoisotopic (exact) mass is 203 g/mol. The van der Waals surface area contributed by atoms with Gasteiger partial charge in [0.15, 0.2) is 11.6 Å². The molecule has 0 aliphatic heterocycles. The Balaban J connectivity index is 3.15. The van der Waals surface area contributed by atoms with Gasteiger partial charge in [0, 0.05) is 17.7 Å². The molecule has 1 rings (SSSR count). The topological polar surface area (TPSA) is 66.5 Å². The zero-order chi connectivity index (χ0) is 10.9. The summed E-state index contributed by atoms with van der Waals surface area (Å²) in [6, 6.07) is 0.667. The lowest BCUT2D eigenvalue weighted by Crippen LogP contribution is -2.24. The minimum absolute atomic E-state index is 0.112. The Kier molecular flexibility index (Phi) is 3.03. The van der Waals surface area contributed by atoms with E-state index in [9.17, 15) is 19.0 Å². The molecule has 0 bridgehead atoms. The molecule has 14 heavy (non-hydrogen) atoms. The lowest BCUT2D eigenvalue weighted by atomic mass is 10.0. The molecule has 0 spiro atoms. The maximum absolute atomic E-state index is 12.7. The van der Waals surface area contributed by atoms with Crippen molar-refractivity contribution in [3.05, 3.63) is 29.3 Å². The number of aliphatic hydroxyl groups excluding tert-OH is 1. The number of phenols is 1. The molecule has 0 saturated heterocycles. The average molecular weight is 203 g/mol. The van der Waals surface area contributed by atoms with Gasteiger partial charge in [-0.05, 0) is 13.0 Å². The number of hydrogen-bond acceptors (Lipinski definition) is 3. The van der Waals surface area contributed by atoms with Crippen LogP contribution in [-0.2, 0) is 0 Å². The van der Waals surface area contributed by atoms with E-state index in [0.29, 0.717) is 6.07 Å². The standard InChI is InChI=1S/C9H11F2NO2/c1-4(12)9(14)5-2-6(10)7(11)3-8(5)13/h2-4,9,13-14H,12H2,1H3. The maximum atomic E-state index is 12.7. The Morgan fingerprint density at radius 2 is 1.79 bits per heavy atom. The van der Waals surface area contributed by atoms with E-state index in [1.807, 2.05) is 0 Å². The van der Waals surface area contributed by atoms with E-state index >= 15 is 0 Å². The second-order valence-corrected chi connectivity index (χ2v) is 3.13. The van der Waals surface area contributed by atoms with Crippen LogP contribution in [-0.4, -0.2) is 16.3 Å². The van der Waals surface area contributed by atoms with E-state index < -0.39 is 29.5 Å². The Bertz CT molecular complexity index is 342. The molecule has 0 saturated carbocycles. The molecule has 2 atom stereocenters. The molecule has 0 aromatic heterocycles. The first-order valence-corrected chi connectivity index (χ1v) is 4.05. The Hall–Kier alpha value is -1.20. The SMILES string of the molecule is CC(N)C(O)c1cc(F)c(F)cc1O. The third-order valence-corrected chi connectivity index (χ3v) is 1.89. The summed E-state index contributed by atoms with van der Waals surface area (Å²) in [7, 11) is 0. The van der Waals surface area contributed by atoms with Crippen LogP contribution in [0, 0.1) is 11.6 Å². The predicted molar refractivity (Wildman–Crippen MR) is 46.6 cm³/mol. The van der Waals surface area contributed by atoms with Crippen LogP contribution >= 0.6 is 0 Å². The Morgan fingerprint density at radius 1 is 1.29 bits per heavy atom.